The number of hydrogen-bond acceptors (Lipinski definition) is 0. The molecule has 0 unspecified atom stereocenters. The van der Waals surface area contributed by atoms with Crippen molar-refractivity contribution in [1.29, 1.82) is 0 Å². The van der Waals surface area contributed by atoms with E-state index in [0.29, 0.717) is 23.0 Å². The van der Waals surface area contributed by atoms with Gasteiger partial charge in [-0.3, -0.25) is 0 Å². The smallest absolute Gasteiger partial charge is 0.162 e. The molecular weight excluding hydrogens is 410 g/mol. The molecule has 0 nitrogen and oxygen atoms in total. The summed E-state index contributed by atoms with van der Waals surface area (Å²) in [7, 11) is 0. The van der Waals surface area contributed by atoms with Crippen LogP contribution < -0.4 is 0 Å². The molecule has 0 aliphatic rings. The molecule has 0 atom stereocenters. The summed E-state index contributed by atoms with van der Waals surface area (Å²) < 4.78 is 26.1. The molecular formula is C31H44F2. The van der Waals surface area contributed by atoms with Gasteiger partial charge < -0.3 is 0 Å². The van der Waals surface area contributed by atoms with Gasteiger partial charge in [0.1, 0.15) is 0 Å². The number of aryl methyl sites for hydroxylation is 3. The van der Waals surface area contributed by atoms with Crippen molar-refractivity contribution in [3.63, 3.8) is 0 Å². The molecule has 0 aliphatic carbocycles. The van der Waals surface area contributed by atoms with Crippen LogP contribution >= 0.6 is 0 Å². The third-order valence-electron chi connectivity index (χ3n) is 5.42. The van der Waals surface area contributed by atoms with Crippen LogP contribution in [0, 0.1) is 32.4 Å². The van der Waals surface area contributed by atoms with E-state index in [-0.39, 0.29) is 13.3 Å². The van der Waals surface area contributed by atoms with E-state index in [9.17, 15) is 8.78 Å². The van der Waals surface area contributed by atoms with Crippen LogP contribution in [-0.4, -0.2) is 0 Å². The predicted octanol–water partition coefficient (Wildman–Crippen LogP) is 10.3. The average Bonchev–Trinajstić information content (AvgIpc) is 2.73. The first-order valence-corrected chi connectivity index (χ1v) is 11.5. The van der Waals surface area contributed by atoms with E-state index < -0.39 is 11.6 Å². The molecule has 0 aliphatic heterocycles. The molecule has 3 rings (SSSR count). The summed E-state index contributed by atoms with van der Waals surface area (Å²) in [6.45, 7) is 18.3. The van der Waals surface area contributed by atoms with Crippen LogP contribution in [-0.2, 0) is 0 Å². The summed E-state index contributed by atoms with van der Waals surface area (Å²) in [6, 6.07) is 20.7. The first kappa shape index (κ1) is 30.5. The second kappa shape index (κ2) is 14.6. The molecule has 0 saturated carbocycles. The molecule has 0 bridgehead atoms. The van der Waals surface area contributed by atoms with E-state index in [1.807, 2.05) is 13.8 Å². The monoisotopic (exact) mass is 454 g/mol. The van der Waals surface area contributed by atoms with Gasteiger partial charge in [-0.15, -0.1) is 0 Å². The average molecular weight is 455 g/mol. The summed E-state index contributed by atoms with van der Waals surface area (Å²) in [5.41, 5.74) is 6.32. The Kier molecular flexibility index (Phi) is 13.5. The largest absolute Gasteiger partial charge is 0.203 e. The Hall–Kier alpha value is -2.48. The van der Waals surface area contributed by atoms with E-state index in [4.69, 9.17) is 0 Å². The van der Waals surface area contributed by atoms with Crippen LogP contribution in [0.3, 0.4) is 0 Å². The molecule has 0 spiro atoms. The number of benzene rings is 3. The van der Waals surface area contributed by atoms with Crippen molar-refractivity contribution < 1.29 is 8.78 Å². The van der Waals surface area contributed by atoms with Gasteiger partial charge in [-0.05, 0) is 60.8 Å². The molecule has 0 N–H and O–H groups in total. The standard InChI is InChI=1S/C10H12F2.2C10H14.CH4/c1-6(2)8-5-4-7(3)9(11)10(8)12;2*1-8(2)10-6-4-9(3)5-7-10;/h4-6H,1-3H3;2*4-8H,1-3H3;1H4. The molecule has 0 amide bonds. The fraction of sp³-hybridized carbons (Fsp3) is 0.419. The summed E-state index contributed by atoms with van der Waals surface area (Å²) in [5, 5.41) is 0. The molecule has 33 heavy (non-hydrogen) atoms. The molecule has 0 heterocycles. The molecule has 0 aromatic heterocycles. The van der Waals surface area contributed by atoms with Crippen LogP contribution in [0.15, 0.2) is 60.7 Å². The van der Waals surface area contributed by atoms with Crippen LogP contribution in [0.1, 0.15) is 100 Å². The maximum absolute atomic E-state index is 13.1. The zero-order valence-corrected chi connectivity index (χ0v) is 21.3. The zero-order valence-electron chi connectivity index (χ0n) is 21.3. The first-order valence-electron chi connectivity index (χ1n) is 11.5. The Morgan fingerprint density at radius 3 is 1.15 bits per heavy atom. The Morgan fingerprint density at radius 2 is 0.848 bits per heavy atom. The van der Waals surface area contributed by atoms with E-state index in [2.05, 4.69) is 90.1 Å². The highest BCUT2D eigenvalue weighted by molar-refractivity contribution is 5.27. The van der Waals surface area contributed by atoms with Crippen LogP contribution in [0.4, 0.5) is 8.78 Å². The summed E-state index contributed by atoms with van der Waals surface area (Å²) in [4.78, 5) is 0. The van der Waals surface area contributed by atoms with Crippen molar-refractivity contribution in [3.8, 4) is 0 Å². The Balaban J connectivity index is 0.000000461. The Bertz CT molecular complexity index is 884. The maximum Gasteiger partial charge on any atom is 0.162 e. The third-order valence-corrected chi connectivity index (χ3v) is 5.42. The quantitative estimate of drug-likeness (QED) is 0.369. The lowest BCUT2D eigenvalue weighted by Crippen LogP contribution is -1.98. The topological polar surface area (TPSA) is 0 Å². The van der Waals surface area contributed by atoms with Crippen LogP contribution in [0.2, 0.25) is 0 Å². The van der Waals surface area contributed by atoms with Gasteiger partial charge in [0.15, 0.2) is 11.6 Å². The van der Waals surface area contributed by atoms with Gasteiger partial charge in [-0.25, -0.2) is 8.78 Å². The molecule has 0 fully saturated rings. The Labute approximate surface area is 202 Å². The minimum atomic E-state index is -0.721. The van der Waals surface area contributed by atoms with E-state index in [0.717, 1.165) is 0 Å². The molecule has 0 radical (unpaired) electrons. The highest BCUT2D eigenvalue weighted by atomic mass is 19.2. The highest BCUT2D eigenvalue weighted by Gasteiger charge is 2.12. The number of halogens is 2. The molecule has 182 valence electrons. The van der Waals surface area contributed by atoms with Crippen molar-refractivity contribution in [2.24, 2.45) is 0 Å². The maximum atomic E-state index is 13.1. The van der Waals surface area contributed by atoms with E-state index >= 15 is 0 Å². The van der Waals surface area contributed by atoms with Gasteiger partial charge in [-0.1, -0.05) is 121 Å². The van der Waals surface area contributed by atoms with Gasteiger partial charge in [0.25, 0.3) is 0 Å². The summed E-state index contributed by atoms with van der Waals surface area (Å²) >= 11 is 0. The molecule has 3 aromatic rings. The van der Waals surface area contributed by atoms with Crippen molar-refractivity contribution in [2.45, 2.75) is 87.5 Å². The van der Waals surface area contributed by atoms with Crippen molar-refractivity contribution >= 4 is 0 Å². The fourth-order valence-corrected chi connectivity index (χ4v) is 3.01. The summed E-state index contributed by atoms with van der Waals surface area (Å²) in [6.07, 6.45) is 0. The zero-order chi connectivity index (χ0) is 24.4. The Morgan fingerprint density at radius 1 is 0.485 bits per heavy atom. The minimum Gasteiger partial charge on any atom is -0.203 e. The van der Waals surface area contributed by atoms with E-state index in [1.165, 1.54) is 22.3 Å². The first-order chi connectivity index (χ1) is 14.9. The minimum absolute atomic E-state index is 0. The number of rotatable bonds is 3. The van der Waals surface area contributed by atoms with Gasteiger partial charge in [0.2, 0.25) is 0 Å². The van der Waals surface area contributed by atoms with Gasteiger partial charge >= 0.3 is 0 Å². The lowest BCUT2D eigenvalue weighted by Gasteiger charge is -2.08. The van der Waals surface area contributed by atoms with Gasteiger partial charge in [0, 0.05) is 0 Å². The third kappa shape index (κ3) is 10.3. The molecule has 3 aromatic carbocycles. The van der Waals surface area contributed by atoms with Gasteiger partial charge in [-0.2, -0.15) is 0 Å². The fourth-order valence-electron chi connectivity index (χ4n) is 3.01. The van der Waals surface area contributed by atoms with Crippen molar-refractivity contribution in [2.75, 3.05) is 0 Å². The molecule has 0 saturated heterocycles. The van der Waals surface area contributed by atoms with Crippen LogP contribution in [0.5, 0.6) is 0 Å². The van der Waals surface area contributed by atoms with Crippen molar-refractivity contribution in [1.82, 2.24) is 0 Å². The normalized spacial score (nSPS) is 10.2. The van der Waals surface area contributed by atoms with Gasteiger partial charge in [0.05, 0.1) is 0 Å². The lowest BCUT2D eigenvalue weighted by atomic mass is 10.0. The second-order valence-corrected chi connectivity index (χ2v) is 9.39. The molecule has 2 heteroatoms. The van der Waals surface area contributed by atoms with Crippen LogP contribution in [0.25, 0.3) is 0 Å². The van der Waals surface area contributed by atoms with Crippen molar-refractivity contribution in [3.05, 3.63) is 106 Å². The second-order valence-electron chi connectivity index (χ2n) is 9.39. The summed E-state index contributed by atoms with van der Waals surface area (Å²) in [5.74, 6) is -0.0903. The number of hydrogen-bond donors (Lipinski definition) is 0. The lowest BCUT2D eigenvalue weighted by molar-refractivity contribution is 0.489. The van der Waals surface area contributed by atoms with E-state index in [1.54, 1.807) is 19.1 Å². The highest BCUT2D eigenvalue weighted by Crippen LogP contribution is 2.22. The predicted molar refractivity (Wildman–Crippen MR) is 142 cm³/mol. The SMILES string of the molecule is C.Cc1ccc(C(C)C)c(F)c1F.Cc1ccc(C(C)C)cc1.Cc1ccc(C(C)C)cc1.